The second-order valence-electron chi connectivity index (χ2n) is 12.7. The fourth-order valence-electron chi connectivity index (χ4n) is 9.14. The third-order valence-electron chi connectivity index (χ3n) is 10.9. The van der Waals surface area contributed by atoms with Crippen LogP contribution in [0.3, 0.4) is 0 Å². The van der Waals surface area contributed by atoms with Crippen LogP contribution in [0.25, 0.3) is 0 Å². The molecule has 0 amide bonds. The van der Waals surface area contributed by atoms with Gasteiger partial charge in [0.15, 0.2) is 11.9 Å². The Morgan fingerprint density at radius 2 is 1.77 bits per heavy atom. The molecule has 0 radical (unpaired) electrons. The van der Waals surface area contributed by atoms with Gasteiger partial charge in [-0.25, -0.2) is 18.1 Å². The molecule has 0 spiro atoms. The predicted octanol–water partition coefficient (Wildman–Crippen LogP) is 5.22. The molecule has 9 nitrogen and oxygen atoms in total. The van der Waals surface area contributed by atoms with E-state index in [1.54, 1.807) is 27.7 Å². The van der Waals surface area contributed by atoms with Gasteiger partial charge in [-0.15, -0.1) is 0 Å². The second-order valence-corrected chi connectivity index (χ2v) is 14.3. The zero-order chi connectivity index (χ0) is 29.3. The summed E-state index contributed by atoms with van der Waals surface area (Å²) >= 11 is 0. The molecule has 0 aromatic heterocycles. The minimum atomic E-state index is -4.31. The van der Waals surface area contributed by atoms with Crippen LogP contribution in [-0.2, 0) is 37.2 Å². The van der Waals surface area contributed by atoms with Gasteiger partial charge < -0.3 is 19.1 Å². The average molecular weight is 593 g/mol. The largest absolute Gasteiger partial charge is 0.532 e. The number of aliphatic hydroxyl groups excluding tert-OH is 1. The number of phosphoric ester groups is 1. The summed E-state index contributed by atoms with van der Waals surface area (Å²) in [5, 5.41) is 11.7. The van der Waals surface area contributed by atoms with Crippen molar-refractivity contribution in [2.45, 2.75) is 122 Å². The number of carbonyl (C=O) groups excluding carboxylic acids is 2. The third kappa shape index (κ3) is 4.04. The minimum Gasteiger partial charge on any atom is -0.390 e. The lowest BCUT2D eigenvalue weighted by Gasteiger charge is -2.65. The smallest absolute Gasteiger partial charge is 0.390 e. The van der Waals surface area contributed by atoms with Crippen LogP contribution in [0, 0.1) is 28.6 Å². The van der Waals surface area contributed by atoms with E-state index in [0.29, 0.717) is 12.8 Å². The molecule has 4 unspecified atom stereocenters. The molecule has 228 valence electrons. The number of hydrogen-bond donors (Lipinski definition) is 1. The third-order valence-corrected chi connectivity index (χ3v) is 12.5. The molecule has 5 fully saturated rings. The molecule has 1 heterocycles. The average Bonchev–Trinajstić information content (AvgIpc) is 3.35. The maximum atomic E-state index is 17.6. The number of ketones is 1. The van der Waals surface area contributed by atoms with E-state index in [0.717, 1.165) is 0 Å². The lowest BCUT2D eigenvalue weighted by atomic mass is 9.41. The van der Waals surface area contributed by atoms with Crippen LogP contribution in [0.1, 0.15) is 86.0 Å². The highest BCUT2D eigenvalue weighted by Gasteiger charge is 2.81. The summed E-state index contributed by atoms with van der Waals surface area (Å²) in [7, 11) is -4.31. The van der Waals surface area contributed by atoms with Gasteiger partial charge in [-0.2, -0.15) is 0 Å². The fourth-order valence-corrected chi connectivity index (χ4v) is 10.3. The number of aliphatic hydroxyl groups is 1. The van der Waals surface area contributed by atoms with Gasteiger partial charge in [0.2, 0.25) is 0 Å². The van der Waals surface area contributed by atoms with E-state index in [1.165, 1.54) is 0 Å². The van der Waals surface area contributed by atoms with Gasteiger partial charge in [-0.3, -0.25) is 13.8 Å². The van der Waals surface area contributed by atoms with E-state index in [-0.39, 0.29) is 57.5 Å². The van der Waals surface area contributed by atoms with E-state index < -0.39 is 78.3 Å². The van der Waals surface area contributed by atoms with Crippen molar-refractivity contribution in [3.63, 3.8) is 0 Å². The number of phosphoric acid groups is 1. The lowest BCUT2D eigenvalue weighted by Crippen LogP contribution is -2.73. The van der Waals surface area contributed by atoms with Crippen molar-refractivity contribution in [2.75, 3.05) is 13.2 Å². The van der Waals surface area contributed by atoms with E-state index in [9.17, 15) is 19.3 Å². The van der Waals surface area contributed by atoms with Crippen molar-refractivity contribution in [3.05, 3.63) is 0 Å². The SMILES string of the molecule is CCCC1O[C@@H]2CC3C4C[C@H](F)C5CC(=O)CC[C@]5(C)[C@@]4(F)[C@@H](O)C[C@]3(C)[C@]2(C(=O)OP(=O)(OCC)OCC)O1. The van der Waals surface area contributed by atoms with Crippen LogP contribution in [-0.4, -0.2) is 66.0 Å². The Balaban J connectivity index is 1.57. The molecule has 5 aliphatic rings. The van der Waals surface area contributed by atoms with Gasteiger partial charge in [0.05, 0.1) is 19.3 Å². The number of ether oxygens (including phenoxy) is 2. The summed E-state index contributed by atoms with van der Waals surface area (Å²) in [5.74, 6) is -3.49. The summed E-state index contributed by atoms with van der Waals surface area (Å²) in [4.78, 5) is 26.4. The number of halogens is 2. The van der Waals surface area contributed by atoms with Crippen LogP contribution < -0.4 is 0 Å². The standard InChI is InChI=1S/C28H43F2O9P/c1-6-9-23-37-22-14-17-18-13-20(29)19-12-16(31)10-11-25(19,4)27(18,30)21(32)15-26(17,5)28(22,38-23)24(33)39-40(34,35-7-2)36-8-3/h17-23,32H,6-15H2,1-5H3/t17?,18?,19?,20-,21-,22+,23?,25-,26-,27-,28-/m0/s1. The molecular weight excluding hydrogens is 549 g/mol. The van der Waals surface area contributed by atoms with E-state index in [2.05, 4.69) is 0 Å². The summed E-state index contributed by atoms with van der Waals surface area (Å²) in [6.07, 6.45) is -3.43. The number of hydrogen-bond acceptors (Lipinski definition) is 9. The molecule has 1 N–H and O–H groups in total. The molecule has 5 rings (SSSR count). The van der Waals surface area contributed by atoms with Crippen molar-refractivity contribution in [2.24, 2.45) is 28.6 Å². The number of carbonyl (C=O) groups is 2. The summed E-state index contributed by atoms with van der Waals surface area (Å²) in [6, 6.07) is 0. The van der Waals surface area contributed by atoms with Crippen molar-refractivity contribution >= 4 is 19.6 Å². The van der Waals surface area contributed by atoms with Crippen molar-refractivity contribution in [1.29, 1.82) is 0 Å². The van der Waals surface area contributed by atoms with Gasteiger partial charge in [0.25, 0.3) is 0 Å². The number of alkyl halides is 2. The molecule has 0 aromatic carbocycles. The van der Waals surface area contributed by atoms with E-state index in [4.69, 9.17) is 23.0 Å². The van der Waals surface area contributed by atoms with E-state index in [1.807, 2.05) is 6.92 Å². The van der Waals surface area contributed by atoms with Crippen LogP contribution in [0.15, 0.2) is 0 Å². The van der Waals surface area contributed by atoms with Crippen LogP contribution in [0.4, 0.5) is 8.78 Å². The maximum Gasteiger partial charge on any atom is 0.532 e. The number of fused-ring (bicyclic) bond motifs is 7. The lowest BCUT2D eigenvalue weighted by molar-refractivity contribution is -0.272. The second kappa shape index (κ2) is 10.3. The van der Waals surface area contributed by atoms with Crippen molar-refractivity contribution < 1.29 is 51.1 Å². The normalized spacial score (nSPS) is 48.2. The maximum absolute atomic E-state index is 17.6. The van der Waals surface area contributed by atoms with Gasteiger partial charge in [0, 0.05) is 35.5 Å². The first-order chi connectivity index (χ1) is 18.8. The molecule has 40 heavy (non-hydrogen) atoms. The fraction of sp³-hybridized carbons (Fsp3) is 0.929. The molecule has 0 aromatic rings. The Bertz CT molecular complexity index is 1070. The monoisotopic (exact) mass is 592 g/mol. The minimum absolute atomic E-state index is 0.0397. The Morgan fingerprint density at radius 3 is 2.40 bits per heavy atom. The summed E-state index contributed by atoms with van der Waals surface area (Å²) in [5.41, 5.74) is -6.51. The van der Waals surface area contributed by atoms with Crippen molar-refractivity contribution in [3.8, 4) is 0 Å². The molecule has 4 saturated carbocycles. The molecule has 11 atom stereocenters. The molecule has 4 aliphatic carbocycles. The highest BCUT2D eigenvalue weighted by atomic mass is 31.2. The highest BCUT2D eigenvalue weighted by molar-refractivity contribution is 7.49. The Morgan fingerprint density at radius 1 is 1.10 bits per heavy atom. The Kier molecular flexibility index (Phi) is 7.88. The zero-order valence-corrected chi connectivity index (χ0v) is 24.9. The predicted molar refractivity (Wildman–Crippen MR) is 138 cm³/mol. The van der Waals surface area contributed by atoms with Crippen LogP contribution in [0.5, 0.6) is 0 Å². The quantitative estimate of drug-likeness (QED) is 0.379. The highest BCUT2D eigenvalue weighted by Crippen LogP contribution is 2.73. The summed E-state index contributed by atoms with van der Waals surface area (Å²) < 4.78 is 75.2. The zero-order valence-electron chi connectivity index (χ0n) is 24.0. The van der Waals surface area contributed by atoms with Gasteiger partial charge in [-0.1, -0.05) is 27.2 Å². The van der Waals surface area contributed by atoms with Crippen LogP contribution >= 0.6 is 7.82 Å². The molecular formula is C28H43F2O9P. The van der Waals surface area contributed by atoms with Gasteiger partial charge in [-0.05, 0) is 51.9 Å². The van der Waals surface area contributed by atoms with Gasteiger partial charge in [0.1, 0.15) is 23.7 Å². The number of Topliss-reactive ketones (excluding diaryl/α,β-unsaturated/α-hetero) is 1. The van der Waals surface area contributed by atoms with Gasteiger partial charge >= 0.3 is 13.8 Å². The molecule has 12 heteroatoms. The summed E-state index contributed by atoms with van der Waals surface area (Å²) in [6.45, 7) is 8.43. The Labute approximate surface area is 234 Å². The molecule has 0 bridgehead atoms. The van der Waals surface area contributed by atoms with E-state index >= 15 is 8.78 Å². The molecule has 1 saturated heterocycles. The van der Waals surface area contributed by atoms with Crippen LogP contribution in [0.2, 0.25) is 0 Å². The Hall–Kier alpha value is -0.970. The van der Waals surface area contributed by atoms with Crippen molar-refractivity contribution in [1.82, 2.24) is 0 Å². The molecule has 1 aliphatic heterocycles. The number of rotatable bonds is 8. The first-order valence-corrected chi connectivity index (χ1v) is 16.2. The first-order valence-electron chi connectivity index (χ1n) is 14.7. The first kappa shape index (κ1) is 30.5. The topological polar surface area (TPSA) is 118 Å².